The van der Waals surface area contributed by atoms with Gasteiger partial charge in [-0.25, -0.2) is 4.39 Å². The number of hydrogen-bond acceptors (Lipinski definition) is 4. The highest BCUT2D eigenvalue weighted by atomic mass is 79.9. The second kappa shape index (κ2) is 11.9. The molecule has 0 saturated carbocycles. The Morgan fingerprint density at radius 1 is 0.860 bits per heavy atom. The molecule has 0 radical (unpaired) electrons. The van der Waals surface area contributed by atoms with Crippen LogP contribution in [0.1, 0.15) is 37.4 Å². The van der Waals surface area contributed by atoms with Crippen molar-refractivity contribution in [3.8, 4) is 11.8 Å². The molecule has 0 aliphatic rings. The lowest BCUT2D eigenvalue weighted by Gasteiger charge is -2.31. The molecule has 16 heteroatoms. The van der Waals surface area contributed by atoms with Gasteiger partial charge >= 0.3 is 24.4 Å². The van der Waals surface area contributed by atoms with Gasteiger partial charge in [-0.2, -0.15) is 31.6 Å². The SMILES string of the molecule is CN(C(=O)c1ccc(C#N)cc1)c1cccc(C(=O)Cc2c(Br)cc(C(F)(C(F)(F)F)C(F)(F)F)cc2OC(F)(F)F)c1. The average Bonchev–Trinajstić information content (AvgIpc) is 2.91. The summed E-state index contributed by atoms with van der Waals surface area (Å²) in [6.07, 6.45) is -20.0. The Hall–Kier alpha value is -4.13. The third kappa shape index (κ3) is 7.10. The van der Waals surface area contributed by atoms with E-state index in [0.29, 0.717) is 0 Å². The summed E-state index contributed by atoms with van der Waals surface area (Å²) in [7, 11) is 1.33. The number of hydrogen-bond donors (Lipinski definition) is 0. The number of alkyl halides is 10. The highest BCUT2D eigenvalue weighted by molar-refractivity contribution is 9.10. The molecule has 43 heavy (non-hydrogen) atoms. The van der Waals surface area contributed by atoms with Crippen molar-refractivity contribution < 1.29 is 58.2 Å². The normalized spacial score (nSPS) is 12.4. The predicted molar refractivity (Wildman–Crippen MR) is 134 cm³/mol. The van der Waals surface area contributed by atoms with Crippen LogP contribution in [0.25, 0.3) is 0 Å². The summed E-state index contributed by atoms with van der Waals surface area (Å²) in [6.45, 7) is 0. The Morgan fingerprint density at radius 3 is 1.95 bits per heavy atom. The first-order chi connectivity index (χ1) is 19.7. The van der Waals surface area contributed by atoms with Gasteiger partial charge < -0.3 is 9.64 Å². The van der Waals surface area contributed by atoms with Crippen molar-refractivity contribution in [1.29, 1.82) is 5.26 Å². The van der Waals surface area contributed by atoms with Gasteiger partial charge in [0, 0.05) is 45.9 Å². The van der Waals surface area contributed by atoms with Crippen LogP contribution in [0.4, 0.5) is 49.6 Å². The number of ketones is 1. The number of rotatable bonds is 7. The molecule has 0 aromatic heterocycles. The first-order valence-electron chi connectivity index (χ1n) is 11.5. The second-order valence-electron chi connectivity index (χ2n) is 8.84. The highest BCUT2D eigenvalue weighted by Crippen LogP contribution is 2.54. The molecule has 0 aliphatic carbocycles. The topological polar surface area (TPSA) is 70.4 Å². The van der Waals surface area contributed by atoms with Gasteiger partial charge in [0.2, 0.25) is 0 Å². The third-order valence-corrected chi connectivity index (χ3v) is 6.73. The molecule has 3 aromatic carbocycles. The Bertz CT molecular complexity index is 1560. The fourth-order valence-corrected chi connectivity index (χ4v) is 4.42. The lowest BCUT2D eigenvalue weighted by Crippen LogP contribution is -2.50. The fourth-order valence-electron chi connectivity index (χ4n) is 3.83. The highest BCUT2D eigenvalue weighted by Gasteiger charge is 2.73. The van der Waals surface area contributed by atoms with Crippen LogP contribution >= 0.6 is 15.9 Å². The molecular weight excluding hydrogens is 670 g/mol. The van der Waals surface area contributed by atoms with Gasteiger partial charge in [-0.1, -0.05) is 28.1 Å². The van der Waals surface area contributed by atoms with E-state index in [9.17, 15) is 53.5 Å². The lowest BCUT2D eigenvalue weighted by molar-refractivity contribution is -0.348. The quantitative estimate of drug-likeness (QED) is 0.186. The maximum absolute atomic E-state index is 14.6. The van der Waals surface area contributed by atoms with Crippen LogP contribution in [0.15, 0.2) is 65.1 Å². The average molecular weight is 685 g/mol. The molecule has 0 saturated heterocycles. The largest absolute Gasteiger partial charge is 0.573 e. The number of carbonyl (C=O) groups is 2. The molecule has 0 atom stereocenters. The van der Waals surface area contributed by atoms with Crippen LogP contribution in [-0.2, 0) is 12.1 Å². The number of amides is 1. The monoisotopic (exact) mass is 684 g/mol. The van der Waals surface area contributed by atoms with Crippen LogP contribution in [0.2, 0.25) is 0 Å². The number of nitrogens with zero attached hydrogens (tertiary/aromatic N) is 2. The Labute approximate surface area is 244 Å². The predicted octanol–water partition coefficient (Wildman–Crippen LogP) is 8.21. The Kier molecular flexibility index (Phi) is 9.21. The molecule has 0 bridgehead atoms. The van der Waals surface area contributed by atoms with Crippen LogP contribution in [-0.4, -0.2) is 37.5 Å². The van der Waals surface area contributed by atoms with E-state index in [1.807, 2.05) is 6.07 Å². The zero-order chi connectivity index (χ0) is 32.5. The van der Waals surface area contributed by atoms with Gasteiger partial charge in [-0.05, 0) is 48.5 Å². The van der Waals surface area contributed by atoms with Crippen molar-refractivity contribution in [3.63, 3.8) is 0 Å². The fraction of sp³-hybridized carbons (Fsp3) is 0.222. The maximum Gasteiger partial charge on any atom is 0.573 e. The van der Waals surface area contributed by atoms with E-state index < -0.39 is 69.9 Å². The molecule has 0 N–H and O–H groups in total. The van der Waals surface area contributed by atoms with Gasteiger partial charge in [0.05, 0.1) is 11.6 Å². The minimum Gasteiger partial charge on any atom is -0.405 e. The van der Waals surface area contributed by atoms with E-state index >= 15 is 0 Å². The van der Waals surface area contributed by atoms with Crippen molar-refractivity contribution in [2.45, 2.75) is 30.8 Å². The summed E-state index contributed by atoms with van der Waals surface area (Å²) in [5, 5.41) is 8.90. The van der Waals surface area contributed by atoms with Gasteiger partial charge in [0.1, 0.15) is 5.75 Å². The van der Waals surface area contributed by atoms with Crippen LogP contribution < -0.4 is 9.64 Å². The molecule has 3 aromatic rings. The molecule has 5 nitrogen and oxygen atoms in total. The standard InChI is InChI=1S/C27H15BrF10N2O3/c1-40(23(42)15-7-5-14(13-39)6-8-15)18-4-2-3-16(9-18)21(41)12-19-20(28)10-17(11-22(19)43-27(36,37)38)24(29,25(30,31)32)26(33,34)35/h2-11H,12H2,1H3. The summed E-state index contributed by atoms with van der Waals surface area (Å²) in [4.78, 5) is 27.0. The molecule has 0 unspecified atom stereocenters. The molecule has 0 heterocycles. The molecule has 0 fully saturated rings. The summed E-state index contributed by atoms with van der Waals surface area (Å²) >= 11 is 2.55. The molecule has 228 valence electrons. The van der Waals surface area contributed by atoms with E-state index in [-0.39, 0.29) is 28.4 Å². The number of Topliss-reactive ketones (excluding diaryl/α,β-unsaturated/α-hetero) is 1. The van der Waals surface area contributed by atoms with E-state index in [1.54, 1.807) is 0 Å². The smallest absolute Gasteiger partial charge is 0.405 e. The maximum atomic E-state index is 14.6. The zero-order valence-electron chi connectivity index (χ0n) is 21.3. The Morgan fingerprint density at radius 2 is 1.44 bits per heavy atom. The number of nitriles is 1. The van der Waals surface area contributed by atoms with Crippen LogP contribution in [0.5, 0.6) is 5.75 Å². The number of ether oxygens (including phenoxy) is 1. The minimum absolute atomic E-state index is 0.0344. The summed E-state index contributed by atoms with van der Waals surface area (Å²) in [5.74, 6) is -3.23. The van der Waals surface area contributed by atoms with Gasteiger partial charge in [0.15, 0.2) is 5.78 Å². The number of carbonyl (C=O) groups excluding carboxylic acids is 2. The minimum atomic E-state index is -6.63. The summed E-state index contributed by atoms with van der Waals surface area (Å²) in [5.41, 5.74) is -8.80. The number of anilines is 1. The second-order valence-corrected chi connectivity index (χ2v) is 9.69. The molecule has 3 rings (SSSR count). The van der Waals surface area contributed by atoms with Gasteiger partial charge in [-0.3, -0.25) is 9.59 Å². The Balaban J connectivity index is 2.01. The van der Waals surface area contributed by atoms with E-state index in [2.05, 4.69) is 20.7 Å². The van der Waals surface area contributed by atoms with Crippen molar-refractivity contribution in [3.05, 3.63) is 93.0 Å². The van der Waals surface area contributed by atoms with Crippen molar-refractivity contribution in [2.75, 3.05) is 11.9 Å². The van der Waals surface area contributed by atoms with Crippen molar-refractivity contribution >= 4 is 33.3 Å². The van der Waals surface area contributed by atoms with Crippen molar-refractivity contribution in [2.24, 2.45) is 0 Å². The summed E-state index contributed by atoms with van der Waals surface area (Å²) < 4.78 is 136. The molecule has 1 amide bonds. The van der Waals surface area contributed by atoms with Gasteiger partial charge in [-0.15, -0.1) is 13.2 Å². The first kappa shape index (κ1) is 33.4. The first-order valence-corrected chi connectivity index (χ1v) is 12.3. The van der Waals surface area contributed by atoms with E-state index in [1.165, 1.54) is 49.5 Å². The zero-order valence-corrected chi connectivity index (χ0v) is 22.8. The van der Waals surface area contributed by atoms with E-state index in [0.717, 1.165) is 11.0 Å². The number of halogens is 11. The molecule has 0 spiro atoms. The van der Waals surface area contributed by atoms with Crippen LogP contribution in [0.3, 0.4) is 0 Å². The van der Waals surface area contributed by atoms with Crippen LogP contribution in [0, 0.1) is 11.3 Å². The number of benzene rings is 3. The van der Waals surface area contributed by atoms with Crippen molar-refractivity contribution in [1.82, 2.24) is 0 Å². The third-order valence-electron chi connectivity index (χ3n) is 6.02. The summed E-state index contributed by atoms with van der Waals surface area (Å²) in [6, 6.07) is 12.0. The molecular formula is C27H15BrF10N2O3. The lowest BCUT2D eigenvalue weighted by atomic mass is 9.91. The van der Waals surface area contributed by atoms with E-state index in [4.69, 9.17) is 5.26 Å². The van der Waals surface area contributed by atoms with Gasteiger partial charge in [0.25, 0.3) is 5.91 Å². The molecule has 0 aliphatic heterocycles.